The van der Waals surface area contributed by atoms with Gasteiger partial charge >= 0.3 is 0 Å². The van der Waals surface area contributed by atoms with E-state index < -0.39 is 0 Å². The summed E-state index contributed by atoms with van der Waals surface area (Å²) in [5, 5.41) is 4.69. The molecule has 2 aromatic rings. The van der Waals surface area contributed by atoms with E-state index in [1.807, 2.05) is 37.3 Å². The number of nitrogens with zero attached hydrogens (tertiary/aromatic N) is 1. The smallest absolute Gasteiger partial charge is 0.252 e. The van der Waals surface area contributed by atoms with Crippen LogP contribution in [0.2, 0.25) is 10.0 Å². The number of carbonyl (C=O) groups excluding carboxylic acids is 1. The number of benzene rings is 2. The molecule has 1 amide bonds. The number of amides is 1. The SMILES string of the molecule is C[C@@H](SCc1ccccc1)C(=O)N/N=C\c1ccc(Cl)c(Cl)c1. The minimum atomic E-state index is -0.193. The fourth-order valence-corrected chi connectivity index (χ4v) is 2.87. The Bertz CT molecular complexity index is 692. The first-order valence-corrected chi connectivity index (χ1v) is 8.80. The third-order valence-electron chi connectivity index (χ3n) is 3.04. The van der Waals surface area contributed by atoms with Crippen LogP contribution in [-0.2, 0) is 10.5 Å². The van der Waals surface area contributed by atoms with E-state index in [2.05, 4.69) is 10.5 Å². The van der Waals surface area contributed by atoms with Crippen LogP contribution in [0.15, 0.2) is 53.6 Å². The molecule has 0 spiro atoms. The topological polar surface area (TPSA) is 41.5 Å². The third kappa shape index (κ3) is 5.90. The van der Waals surface area contributed by atoms with Crippen LogP contribution in [0.4, 0.5) is 0 Å². The van der Waals surface area contributed by atoms with Crippen molar-refractivity contribution in [2.75, 3.05) is 0 Å². The van der Waals surface area contributed by atoms with E-state index in [-0.39, 0.29) is 11.2 Å². The summed E-state index contributed by atoms with van der Waals surface area (Å²) in [6, 6.07) is 15.2. The average molecular weight is 367 g/mol. The number of hydrogen-bond acceptors (Lipinski definition) is 3. The van der Waals surface area contributed by atoms with Crippen LogP contribution < -0.4 is 5.43 Å². The summed E-state index contributed by atoms with van der Waals surface area (Å²) in [5.74, 6) is 0.647. The Morgan fingerprint density at radius 1 is 1.22 bits per heavy atom. The quantitative estimate of drug-likeness (QED) is 0.591. The standard InChI is InChI=1S/C17H16Cl2N2OS/c1-12(23-11-13-5-3-2-4-6-13)17(22)21-20-10-14-7-8-15(18)16(19)9-14/h2-10,12H,11H2,1H3,(H,21,22)/b20-10-/t12-/m1/s1. The fourth-order valence-electron chi connectivity index (χ4n) is 1.73. The highest BCUT2D eigenvalue weighted by molar-refractivity contribution is 7.99. The first-order chi connectivity index (χ1) is 11.1. The van der Waals surface area contributed by atoms with Crippen molar-refractivity contribution in [2.24, 2.45) is 5.10 Å². The van der Waals surface area contributed by atoms with Crippen molar-refractivity contribution in [3.05, 3.63) is 69.7 Å². The van der Waals surface area contributed by atoms with Gasteiger partial charge in [-0.2, -0.15) is 5.10 Å². The van der Waals surface area contributed by atoms with Gasteiger partial charge in [0.05, 0.1) is 21.5 Å². The van der Waals surface area contributed by atoms with Crippen molar-refractivity contribution in [3.8, 4) is 0 Å². The van der Waals surface area contributed by atoms with E-state index in [0.29, 0.717) is 10.0 Å². The number of hydrazone groups is 1. The van der Waals surface area contributed by atoms with Gasteiger partial charge in [0, 0.05) is 5.75 Å². The maximum absolute atomic E-state index is 12.0. The molecule has 0 aliphatic carbocycles. The largest absolute Gasteiger partial charge is 0.272 e. The molecule has 0 saturated heterocycles. The van der Waals surface area contributed by atoms with E-state index in [1.54, 1.807) is 30.0 Å². The number of carbonyl (C=O) groups is 1. The maximum atomic E-state index is 12.0. The number of nitrogens with one attached hydrogen (secondary N) is 1. The van der Waals surface area contributed by atoms with E-state index in [4.69, 9.17) is 23.2 Å². The zero-order valence-corrected chi connectivity index (χ0v) is 14.8. The van der Waals surface area contributed by atoms with Crippen molar-refractivity contribution in [1.29, 1.82) is 0 Å². The van der Waals surface area contributed by atoms with Crippen LogP contribution in [0.25, 0.3) is 0 Å². The Morgan fingerprint density at radius 3 is 2.65 bits per heavy atom. The number of hydrogen-bond donors (Lipinski definition) is 1. The van der Waals surface area contributed by atoms with Gasteiger partial charge in [-0.25, -0.2) is 5.43 Å². The second-order valence-electron chi connectivity index (χ2n) is 4.85. The van der Waals surface area contributed by atoms with Crippen LogP contribution in [0.5, 0.6) is 0 Å². The number of halogens is 2. The van der Waals surface area contributed by atoms with Crippen molar-refractivity contribution in [3.63, 3.8) is 0 Å². The lowest BCUT2D eigenvalue weighted by molar-refractivity contribution is -0.120. The van der Waals surface area contributed by atoms with Gasteiger partial charge in [0.15, 0.2) is 0 Å². The van der Waals surface area contributed by atoms with E-state index in [1.165, 1.54) is 11.8 Å². The van der Waals surface area contributed by atoms with Crippen molar-refractivity contribution in [1.82, 2.24) is 5.43 Å². The molecule has 0 heterocycles. The van der Waals surface area contributed by atoms with Gasteiger partial charge in [-0.15, -0.1) is 11.8 Å². The van der Waals surface area contributed by atoms with Gasteiger partial charge in [-0.1, -0.05) is 59.6 Å². The van der Waals surface area contributed by atoms with Crippen LogP contribution in [-0.4, -0.2) is 17.4 Å². The van der Waals surface area contributed by atoms with Gasteiger partial charge in [0.25, 0.3) is 5.91 Å². The lowest BCUT2D eigenvalue weighted by Crippen LogP contribution is -2.26. The molecule has 1 atom stereocenters. The molecule has 0 aliphatic rings. The Kier molecular flexibility index (Phi) is 6.96. The summed E-state index contributed by atoms with van der Waals surface area (Å²) in [6.07, 6.45) is 1.54. The molecule has 0 bridgehead atoms. The lowest BCUT2D eigenvalue weighted by Gasteiger charge is -2.09. The Labute approximate surface area is 150 Å². The highest BCUT2D eigenvalue weighted by atomic mass is 35.5. The van der Waals surface area contributed by atoms with Crippen molar-refractivity contribution >= 4 is 47.1 Å². The molecule has 3 nitrogen and oxygen atoms in total. The number of rotatable bonds is 6. The van der Waals surface area contributed by atoms with Crippen LogP contribution in [0, 0.1) is 0 Å². The number of thioether (sulfide) groups is 1. The summed E-state index contributed by atoms with van der Waals surface area (Å²) in [7, 11) is 0. The Morgan fingerprint density at radius 2 is 1.96 bits per heavy atom. The zero-order valence-electron chi connectivity index (χ0n) is 12.5. The molecular formula is C17H16Cl2N2OS. The molecule has 23 heavy (non-hydrogen) atoms. The molecule has 0 radical (unpaired) electrons. The van der Waals surface area contributed by atoms with Gasteiger partial charge in [-0.3, -0.25) is 4.79 Å². The molecular weight excluding hydrogens is 351 g/mol. The molecule has 6 heteroatoms. The Balaban J connectivity index is 1.81. The minimum Gasteiger partial charge on any atom is -0.272 e. The van der Waals surface area contributed by atoms with Crippen LogP contribution >= 0.6 is 35.0 Å². The molecule has 0 saturated carbocycles. The highest BCUT2D eigenvalue weighted by Crippen LogP contribution is 2.21. The first kappa shape index (κ1) is 17.9. The molecule has 1 N–H and O–H groups in total. The summed E-state index contributed by atoms with van der Waals surface area (Å²) >= 11 is 13.3. The minimum absolute atomic E-state index is 0.137. The summed E-state index contributed by atoms with van der Waals surface area (Å²) in [4.78, 5) is 12.0. The van der Waals surface area contributed by atoms with Crippen LogP contribution in [0.3, 0.4) is 0 Å². The normalized spacial score (nSPS) is 12.3. The first-order valence-electron chi connectivity index (χ1n) is 7.00. The maximum Gasteiger partial charge on any atom is 0.252 e. The molecule has 0 aromatic heterocycles. The monoisotopic (exact) mass is 366 g/mol. The lowest BCUT2D eigenvalue weighted by atomic mass is 10.2. The predicted molar refractivity (Wildman–Crippen MR) is 99.4 cm³/mol. The summed E-state index contributed by atoms with van der Waals surface area (Å²) in [6.45, 7) is 1.86. The average Bonchev–Trinajstić information content (AvgIpc) is 2.56. The van der Waals surface area contributed by atoms with E-state index in [0.717, 1.165) is 11.3 Å². The highest BCUT2D eigenvalue weighted by Gasteiger charge is 2.12. The molecule has 0 aliphatic heterocycles. The zero-order chi connectivity index (χ0) is 16.7. The predicted octanol–water partition coefficient (Wildman–Crippen LogP) is 4.77. The Hall–Kier alpha value is -1.49. The van der Waals surface area contributed by atoms with Crippen molar-refractivity contribution < 1.29 is 4.79 Å². The molecule has 2 aromatic carbocycles. The molecule has 0 fully saturated rings. The van der Waals surface area contributed by atoms with Gasteiger partial charge in [0.1, 0.15) is 0 Å². The molecule has 0 unspecified atom stereocenters. The fraction of sp³-hybridized carbons (Fsp3) is 0.176. The van der Waals surface area contributed by atoms with Crippen molar-refractivity contribution in [2.45, 2.75) is 17.9 Å². The third-order valence-corrected chi connectivity index (χ3v) is 5.00. The van der Waals surface area contributed by atoms with Crippen LogP contribution in [0.1, 0.15) is 18.1 Å². The second kappa shape index (κ2) is 8.96. The molecule has 120 valence electrons. The summed E-state index contributed by atoms with van der Waals surface area (Å²) in [5.41, 5.74) is 4.49. The summed E-state index contributed by atoms with van der Waals surface area (Å²) < 4.78 is 0. The van der Waals surface area contributed by atoms with Gasteiger partial charge < -0.3 is 0 Å². The second-order valence-corrected chi connectivity index (χ2v) is 6.99. The van der Waals surface area contributed by atoms with Gasteiger partial charge in [0.2, 0.25) is 0 Å². The van der Waals surface area contributed by atoms with E-state index in [9.17, 15) is 4.79 Å². The van der Waals surface area contributed by atoms with Gasteiger partial charge in [-0.05, 0) is 30.2 Å². The molecule has 2 rings (SSSR count). The van der Waals surface area contributed by atoms with E-state index >= 15 is 0 Å².